The zero-order valence-corrected chi connectivity index (χ0v) is 24.0. The van der Waals surface area contributed by atoms with Crippen molar-refractivity contribution in [2.45, 2.75) is 52.7 Å². The van der Waals surface area contributed by atoms with Gasteiger partial charge < -0.3 is 28.9 Å². The molecule has 1 amide bonds. The minimum absolute atomic E-state index is 0.266. The van der Waals surface area contributed by atoms with Crippen molar-refractivity contribution in [3.05, 3.63) is 16.7 Å². The highest BCUT2D eigenvalue weighted by Crippen LogP contribution is 2.31. The van der Waals surface area contributed by atoms with Crippen LogP contribution in [0.15, 0.2) is 16.7 Å². The van der Waals surface area contributed by atoms with Crippen LogP contribution in [-0.4, -0.2) is 104 Å². The number of anilines is 2. The fourth-order valence-electron chi connectivity index (χ4n) is 4.07. The van der Waals surface area contributed by atoms with Crippen LogP contribution in [0.4, 0.5) is 21.1 Å². The van der Waals surface area contributed by atoms with E-state index in [-0.39, 0.29) is 6.09 Å². The van der Waals surface area contributed by atoms with E-state index in [9.17, 15) is 9.59 Å². The quantitative estimate of drug-likeness (QED) is 0.488. The maximum atomic E-state index is 12.4. The molecular formula is C25H40BrN5O5. The molecule has 0 aliphatic carbocycles. The van der Waals surface area contributed by atoms with E-state index in [0.717, 1.165) is 42.2 Å². The number of hydrogen-bond acceptors (Lipinski definition) is 9. The molecule has 0 radical (unpaired) electrons. The summed E-state index contributed by atoms with van der Waals surface area (Å²) in [6, 6.07) is 2.11. The molecule has 3 heterocycles. The van der Waals surface area contributed by atoms with E-state index >= 15 is 0 Å². The number of rotatable bonds is 5. The summed E-state index contributed by atoms with van der Waals surface area (Å²) >= 11 is 3.58. The Morgan fingerprint density at radius 1 is 0.889 bits per heavy atom. The molecule has 0 spiro atoms. The van der Waals surface area contributed by atoms with Crippen molar-refractivity contribution < 1.29 is 23.8 Å². The molecule has 0 N–H and O–H groups in total. The van der Waals surface area contributed by atoms with Crippen molar-refractivity contribution in [3.63, 3.8) is 0 Å². The third-order valence-electron chi connectivity index (χ3n) is 5.77. The highest BCUT2D eigenvalue weighted by atomic mass is 79.9. The molecule has 0 aromatic carbocycles. The number of ether oxygens (including phenoxy) is 3. The molecule has 0 atom stereocenters. The summed E-state index contributed by atoms with van der Waals surface area (Å²) in [5.41, 5.74) is 0.0270. The number of halogens is 1. The number of carbonyl (C=O) groups excluding carboxylic acids is 2. The van der Waals surface area contributed by atoms with Crippen LogP contribution >= 0.6 is 15.9 Å². The van der Waals surface area contributed by atoms with E-state index in [2.05, 4.69) is 36.7 Å². The van der Waals surface area contributed by atoms with Crippen LogP contribution in [0.25, 0.3) is 0 Å². The van der Waals surface area contributed by atoms with Crippen LogP contribution in [-0.2, 0) is 14.2 Å². The Morgan fingerprint density at radius 2 is 1.47 bits per heavy atom. The van der Waals surface area contributed by atoms with Gasteiger partial charge in [0, 0.05) is 69.6 Å². The van der Waals surface area contributed by atoms with Gasteiger partial charge in [-0.25, -0.2) is 14.6 Å². The second-order valence-corrected chi connectivity index (χ2v) is 12.0. The zero-order chi connectivity index (χ0) is 26.5. The smallest absolute Gasteiger partial charge is 0.444 e. The Labute approximate surface area is 223 Å². The van der Waals surface area contributed by atoms with Crippen LogP contribution in [0, 0.1) is 0 Å². The zero-order valence-electron chi connectivity index (χ0n) is 22.4. The highest BCUT2D eigenvalue weighted by molar-refractivity contribution is 9.10. The molecule has 0 bridgehead atoms. The average Bonchev–Trinajstić information content (AvgIpc) is 2.77. The standard InChI is InChI=1S/C25H40BrN5O5/c1-24(2,3)35-22(32)31-13-11-30(12-14-31)21-20(17-19(26)18-27-21)29-9-7-28(8-10-29)15-16-34-23(33)36-25(4,5)6/h17-18H,7-16H2,1-6H3. The normalized spacial score (nSPS) is 17.7. The van der Waals surface area contributed by atoms with Gasteiger partial charge >= 0.3 is 12.2 Å². The van der Waals surface area contributed by atoms with Gasteiger partial charge in [0.2, 0.25) is 0 Å². The lowest BCUT2D eigenvalue weighted by Gasteiger charge is -2.40. The number of piperazine rings is 2. The second kappa shape index (κ2) is 11.9. The topological polar surface area (TPSA) is 87.7 Å². The number of carbonyl (C=O) groups is 2. The Morgan fingerprint density at radius 3 is 2.06 bits per heavy atom. The lowest BCUT2D eigenvalue weighted by molar-refractivity contribution is -0.0104. The van der Waals surface area contributed by atoms with Crippen LogP contribution in [0.3, 0.4) is 0 Å². The highest BCUT2D eigenvalue weighted by Gasteiger charge is 2.29. The van der Waals surface area contributed by atoms with Crippen LogP contribution < -0.4 is 9.80 Å². The maximum Gasteiger partial charge on any atom is 0.508 e. The summed E-state index contributed by atoms with van der Waals surface area (Å²) in [6.45, 7) is 18.1. The molecule has 0 saturated carbocycles. The van der Waals surface area contributed by atoms with Crippen molar-refractivity contribution in [1.82, 2.24) is 14.8 Å². The summed E-state index contributed by atoms with van der Waals surface area (Å²) in [7, 11) is 0. The lowest BCUT2D eigenvalue weighted by atomic mass is 10.2. The molecule has 1 aromatic rings. The van der Waals surface area contributed by atoms with E-state index in [1.807, 2.05) is 47.7 Å². The van der Waals surface area contributed by atoms with E-state index in [0.29, 0.717) is 39.3 Å². The van der Waals surface area contributed by atoms with E-state index in [1.54, 1.807) is 4.90 Å². The summed E-state index contributed by atoms with van der Waals surface area (Å²) in [5.74, 6) is 0.934. The number of nitrogens with zero attached hydrogens (tertiary/aromatic N) is 5. The molecule has 2 saturated heterocycles. The van der Waals surface area contributed by atoms with Crippen molar-refractivity contribution in [2.75, 3.05) is 75.3 Å². The molecule has 2 fully saturated rings. The Balaban J connectivity index is 1.52. The van der Waals surface area contributed by atoms with Gasteiger partial charge in [-0.1, -0.05) is 0 Å². The van der Waals surface area contributed by atoms with Gasteiger partial charge in [0.1, 0.15) is 17.8 Å². The molecular weight excluding hydrogens is 530 g/mol. The average molecular weight is 571 g/mol. The van der Waals surface area contributed by atoms with Crippen molar-refractivity contribution in [2.24, 2.45) is 0 Å². The van der Waals surface area contributed by atoms with Gasteiger partial charge in [0.05, 0.1) is 5.69 Å². The summed E-state index contributed by atoms with van der Waals surface area (Å²) in [5, 5.41) is 0. The third-order valence-corrected chi connectivity index (χ3v) is 6.21. The Kier molecular flexibility index (Phi) is 9.32. The van der Waals surface area contributed by atoms with Crippen LogP contribution in [0.5, 0.6) is 0 Å². The van der Waals surface area contributed by atoms with E-state index < -0.39 is 17.4 Å². The maximum absolute atomic E-state index is 12.4. The molecule has 2 aliphatic heterocycles. The second-order valence-electron chi connectivity index (χ2n) is 11.1. The van der Waals surface area contributed by atoms with E-state index in [1.165, 1.54) is 0 Å². The van der Waals surface area contributed by atoms with E-state index in [4.69, 9.17) is 19.2 Å². The van der Waals surface area contributed by atoms with Crippen molar-refractivity contribution >= 4 is 39.7 Å². The molecule has 1 aromatic heterocycles. The summed E-state index contributed by atoms with van der Waals surface area (Å²) in [6.07, 6.45) is 0.930. The Hall–Kier alpha value is -2.27. The molecule has 10 nitrogen and oxygen atoms in total. The number of aromatic nitrogens is 1. The molecule has 3 rings (SSSR count). The van der Waals surface area contributed by atoms with Gasteiger partial charge in [-0.15, -0.1) is 0 Å². The number of hydrogen-bond donors (Lipinski definition) is 0. The van der Waals surface area contributed by atoms with Gasteiger partial charge in [-0.2, -0.15) is 0 Å². The molecule has 0 unspecified atom stereocenters. The van der Waals surface area contributed by atoms with Gasteiger partial charge in [-0.3, -0.25) is 4.90 Å². The first-order valence-electron chi connectivity index (χ1n) is 12.5. The minimum atomic E-state index is -0.627. The molecule has 36 heavy (non-hydrogen) atoms. The third kappa shape index (κ3) is 8.69. The molecule has 2 aliphatic rings. The predicted octanol–water partition coefficient (Wildman–Crippen LogP) is 3.97. The minimum Gasteiger partial charge on any atom is -0.444 e. The van der Waals surface area contributed by atoms with Crippen LogP contribution in [0.2, 0.25) is 0 Å². The van der Waals surface area contributed by atoms with Crippen molar-refractivity contribution in [3.8, 4) is 0 Å². The van der Waals surface area contributed by atoms with Gasteiger partial charge in [-0.05, 0) is 63.5 Å². The number of pyridine rings is 1. The SMILES string of the molecule is CC(C)(C)OC(=O)OCCN1CCN(c2cc(Br)cnc2N2CCN(C(=O)OC(C)(C)C)CC2)CC1. The fraction of sp³-hybridized carbons (Fsp3) is 0.720. The first kappa shape index (κ1) is 28.3. The first-order valence-corrected chi connectivity index (χ1v) is 13.3. The van der Waals surface area contributed by atoms with Gasteiger partial charge in [0.15, 0.2) is 5.82 Å². The number of amides is 1. The largest absolute Gasteiger partial charge is 0.508 e. The van der Waals surface area contributed by atoms with Crippen LogP contribution in [0.1, 0.15) is 41.5 Å². The Bertz CT molecular complexity index is 901. The monoisotopic (exact) mass is 569 g/mol. The summed E-state index contributed by atoms with van der Waals surface area (Å²) < 4.78 is 16.9. The fourth-order valence-corrected chi connectivity index (χ4v) is 4.39. The summed E-state index contributed by atoms with van der Waals surface area (Å²) in [4.78, 5) is 37.6. The lowest BCUT2D eigenvalue weighted by Crippen LogP contribution is -2.51. The predicted molar refractivity (Wildman–Crippen MR) is 143 cm³/mol. The van der Waals surface area contributed by atoms with Gasteiger partial charge in [0.25, 0.3) is 0 Å². The molecule has 11 heteroatoms. The molecule has 202 valence electrons. The first-order chi connectivity index (χ1) is 16.8. The van der Waals surface area contributed by atoms with Crippen molar-refractivity contribution in [1.29, 1.82) is 0 Å².